The van der Waals surface area contributed by atoms with Gasteiger partial charge in [0, 0.05) is 6.42 Å². The SMILES string of the molecule is CC/C=C\C/C=C\C/C=C\C/C=C\C/C=C\C/C=C\C/C=C\CCCCCCCCCCCCCCCCCC(=O)NC(COC1OC(CO)C(O)C(O)C1O)C(O)/C=C/CC/C=C/CC/C=C/CCCCCCCCCCCCCCCCCCCC. The summed E-state index contributed by atoms with van der Waals surface area (Å²) in [4.78, 5) is 13.1. The molecule has 0 bridgehead atoms. The molecule has 0 radical (unpaired) electrons. The number of aliphatic hydroxyl groups is 5. The van der Waals surface area contributed by atoms with E-state index in [-0.39, 0.29) is 12.5 Å². The summed E-state index contributed by atoms with van der Waals surface area (Å²) in [6, 6.07) is -0.837. The van der Waals surface area contributed by atoms with Gasteiger partial charge >= 0.3 is 0 Å². The van der Waals surface area contributed by atoms with Crippen molar-refractivity contribution in [2.45, 2.75) is 358 Å². The topological polar surface area (TPSA) is 149 Å². The highest BCUT2D eigenvalue weighted by Gasteiger charge is 2.44. The third-order valence-corrected chi connectivity index (χ3v) is 16.7. The van der Waals surface area contributed by atoms with Gasteiger partial charge in [0.05, 0.1) is 25.4 Å². The zero-order valence-corrected chi connectivity index (χ0v) is 56.7. The number of aliphatic hydroxyl groups excluding tert-OH is 5. The Labute approximate surface area is 541 Å². The summed E-state index contributed by atoms with van der Waals surface area (Å²) in [5.41, 5.74) is 0. The maximum Gasteiger partial charge on any atom is 0.220 e. The van der Waals surface area contributed by atoms with Gasteiger partial charge in [0.1, 0.15) is 24.4 Å². The number of amides is 1. The van der Waals surface area contributed by atoms with E-state index in [1.165, 1.54) is 205 Å². The van der Waals surface area contributed by atoms with Crippen molar-refractivity contribution < 1.29 is 39.8 Å². The molecule has 0 spiro atoms. The van der Waals surface area contributed by atoms with E-state index in [2.05, 4.69) is 129 Å². The van der Waals surface area contributed by atoms with Crippen LogP contribution in [0.5, 0.6) is 0 Å². The monoisotopic (exact) mass is 1230 g/mol. The Morgan fingerprint density at radius 3 is 1.09 bits per heavy atom. The molecule has 6 N–H and O–H groups in total. The maximum atomic E-state index is 13.1. The third kappa shape index (κ3) is 54.3. The minimum atomic E-state index is -1.58. The first kappa shape index (κ1) is 82.6. The van der Waals surface area contributed by atoms with Gasteiger partial charge in [-0.15, -0.1) is 0 Å². The summed E-state index contributed by atoms with van der Waals surface area (Å²) in [5.74, 6) is -0.192. The molecule has 9 heteroatoms. The van der Waals surface area contributed by atoms with Gasteiger partial charge in [-0.2, -0.15) is 0 Å². The number of carbonyl (C=O) groups is 1. The Bertz CT molecular complexity index is 1810. The second-order valence-corrected chi connectivity index (χ2v) is 25.0. The first-order valence-electron chi connectivity index (χ1n) is 36.8. The number of ether oxygens (including phenoxy) is 2. The molecule has 1 amide bonds. The Morgan fingerprint density at radius 1 is 0.398 bits per heavy atom. The van der Waals surface area contributed by atoms with Gasteiger partial charge in [-0.05, 0) is 103 Å². The largest absolute Gasteiger partial charge is 0.394 e. The number of hydrogen-bond donors (Lipinski definition) is 6. The van der Waals surface area contributed by atoms with Crippen molar-refractivity contribution in [3.8, 4) is 0 Å². The number of rotatable bonds is 63. The van der Waals surface area contributed by atoms with Crippen LogP contribution in [-0.4, -0.2) is 87.5 Å². The summed E-state index contributed by atoms with van der Waals surface area (Å²) >= 11 is 0. The molecule has 7 unspecified atom stereocenters. The Balaban J connectivity index is 2.15. The Hall–Kier alpha value is -3.41. The van der Waals surface area contributed by atoms with Crippen LogP contribution >= 0.6 is 0 Å². The molecule has 0 aromatic heterocycles. The molecule has 0 saturated carbocycles. The van der Waals surface area contributed by atoms with Crippen LogP contribution in [0, 0.1) is 0 Å². The molecule has 0 aliphatic carbocycles. The fraction of sp³-hybridized carbons (Fsp3) is 0.734. The van der Waals surface area contributed by atoms with E-state index in [1.807, 2.05) is 6.08 Å². The predicted octanol–water partition coefficient (Wildman–Crippen LogP) is 20.6. The number of hydrogen-bond acceptors (Lipinski definition) is 8. The van der Waals surface area contributed by atoms with E-state index in [0.29, 0.717) is 6.42 Å². The van der Waals surface area contributed by atoms with Crippen molar-refractivity contribution in [2.24, 2.45) is 0 Å². The highest BCUT2D eigenvalue weighted by Crippen LogP contribution is 2.23. The number of allylic oxidation sites excluding steroid dienone is 19. The summed E-state index contributed by atoms with van der Waals surface area (Å²) in [6.07, 6.45) is 93.1. The molecule has 88 heavy (non-hydrogen) atoms. The van der Waals surface area contributed by atoms with Crippen molar-refractivity contribution in [1.29, 1.82) is 0 Å². The minimum Gasteiger partial charge on any atom is -0.394 e. The van der Waals surface area contributed by atoms with Crippen molar-refractivity contribution in [2.75, 3.05) is 13.2 Å². The second kappa shape index (κ2) is 66.5. The van der Waals surface area contributed by atoms with Gasteiger partial charge in [-0.25, -0.2) is 0 Å². The highest BCUT2D eigenvalue weighted by molar-refractivity contribution is 5.76. The lowest BCUT2D eigenvalue weighted by Crippen LogP contribution is -2.60. The molecule has 1 aliphatic heterocycles. The average molecular weight is 1230 g/mol. The van der Waals surface area contributed by atoms with Crippen LogP contribution in [0.25, 0.3) is 0 Å². The normalized spacial score (nSPS) is 18.6. The van der Waals surface area contributed by atoms with Crippen LogP contribution in [0.4, 0.5) is 0 Å². The summed E-state index contributed by atoms with van der Waals surface area (Å²) in [6.45, 7) is 3.67. The summed E-state index contributed by atoms with van der Waals surface area (Å²) in [7, 11) is 0. The smallest absolute Gasteiger partial charge is 0.220 e. The molecule has 1 rings (SSSR count). The van der Waals surface area contributed by atoms with Gasteiger partial charge in [-0.3, -0.25) is 4.79 Å². The van der Waals surface area contributed by atoms with E-state index >= 15 is 0 Å². The molecular weight excluding hydrogens is 1090 g/mol. The van der Waals surface area contributed by atoms with Crippen LogP contribution in [0.15, 0.2) is 122 Å². The molecule has 1 heterocycles. The van der Waals surface area contributed by atoms with Crippen LogP contribution in [-0.2, 0) is 14.3 Å². The van der Waals surface area contributed by atoms with E-state index in [0.717, 1.165) is 89.9 Å². The lowest BCUT2D eigenvalue weighted by atomic mass is 9.99. The second-order valence-electron chi connectivity index (χ2n) is 25.0. The summed E-state index contributed by atoms with van der Waals surface area (Å²) < 4.78 is 11.3. The van der Waals surface area contributed by atoms with Gasteiger partial charge in [0.25, 0.3) is 0 Å². The maximum absolute atomic E-state index is 13.1. The zero-order valence-electron chi connectivity index (χ0n) is 56.7. The van der Waals surface area contributed by atoms with Crippen molar-refractivity contribution in [3.63, 3.8) is 0 Å². The standard InChI is InChI=1S/C79H137NO8/c1-3-5-7-9-11-13-15-17-19-21-23-25-27-29-31-33-34-35-36-37-38-39-40-41-43-45-47-49-51-53-55-57-59-61-63-65-67-69-75(83)80-72(71-87-79-78(86)77(85)76(84)74(70-81)88-79)73(82)68-66-64-62-60-58-56-54-52-50-48-46-44-42-32-30-28-26-24-22-20-18-16-14-12-10-8-6-4-2/h5,7,11,13,17,19,23,25,29,31,34-35,37-38,50,52,58,60,66,68,72-74,76-79,81-82,84-86H,3-4,6,8-10,12,14-16,18,20-22,24,26-28,30,32-33,36,39-49,51,53-57,59,61-65,67,69-71H2,1-2H3,(H,80,83)/b7-5-,13-11-,19-17-,25-23-,31-29-,35-34-,38-37-,52-50+,60-58+,68-66+. The quantitative estimate of drug-likeness (QED) is 0.0261. The number of unbranched alkanes of at least 4 members (excludes halogenated alkanes) is 35. The molecule has 9 nitrogen and oxygen atoms in total. The van der Waals surface area contributed by atoms with E-state index in [4.69, 9.17) is 9.47 Å². The molecular formula is C79H137NO8. The Kier molecular flexibility index (Phi) is 62.4. The number of carbonyl (C=O) groups excluding carboxylic acids is 1. The molecule has 0 aromatic rings. The molecule has 1 saturated heterocycles. The Morgan fingerprint density at radius 2 is 0.716 bits per heavy atom. The van der Waals surface area contributed by atoms with Gasteiger partial charge in [-0.1, -0.05) is 328 Å². The predicted molar refractivity (Wildman–Crippen MR) is 377 cm³/mol. The van der Waals surface area contributed by atoms with Crippen molar-refractivity contribution >= 4 is 5.91 Å². The van der Waals surface area contributed by atoms with Crippen molar-refractivity contribution in [3.05, 3.63) is 122 Å². The molecule has 7 atom stereocenters. The van der Waals surface area contributed by atoms with E-state index in [9.17, 15) is 30.3 Å². The fourth-order valence-electron chi connectivity index (χ4n) is 11.1. The van der Waals surface area contributed by atoms with Crippen LogP contribution in [0.3, 0.4) is 0 Å². The first-order valence-corrected chi connectivity index (χ1v) is 36.8. The van der Waals surface area contributed by atoms with Crippen LogP contribution in [0.2, 0.25) is 0 Å². The lowest BCUT2D eigenvalue weighted by Gasteiger charge is -2.40. The average Bonchev–Trinajstić information content (AvgIpc) is 3.29. The summed E-state index contributed by atoms with van der Waals surface area (Å²) in [5, 5.41) is 54.8. The highest BCUT2D eigenvalue weighted by atomic mass is 16.7. The molecule has 506 valence electrons. The van der Waals surface area contributed by atoms with Crippen LogP contribution < -0.4 is 5.32 Å². The van der Waals surface area contributed by atoms with Gasteiger partial charge in [0.15, 0.2) is 6.29 Å². The van der Waals surface area contributed by atoms with Crippen molar-refractivity contribution in [1.82, 2.24) is 5.32 Å². The zero-order chi connectivity index (χ0) is 63.5. The first-order chi connectivity index (χ1) is 43.3. The molecule has 1 aliphatic rings. The molecule has 1 fully saturated rings. The van der Waals surface area contributed by atoms with Gasteiger partial charge < -0.3 is 40.3 Å². The van der Waals surface area contributed by atoms with Crippen LogP contribution in [0.1, 0.15) is 316 Å². The van der Waals surface area contributed by atoms with E-state index in [1.54, 1.807) is 6.08 Å². The minimum absolute atomic E-state index is 0.192. The lowest BCUT2D eigenvalue weighted by molar-refractivity contribution is -0.302. The number of nitrogens with one attached hydrogen (secondary N) is 1. The third-order valence-electron chi connectivity index (χ3n) is 16.7. The van der Waals surface area contributed by atoms with E-state index < -0.39 is 49.5 Å². The fourth-order valence-corrected chi connectivity index (χ4v) is 11.1. The molecule has 0 aromatic carbocycles. The van der Waals surface area contributed by atoms with Gasteiger partial charge in [0.2, 0.25) is 5.91 Å².